The molecule has 90 valence electrons. The van der Waals surface area contributed by atoms with E-state index >= 15 is 0 Å². The Balaban J connectivity index is 2.25. The van der Waals surface area contributed by atoms with Crippen LogP contribution in [0.3, 0.4) is 0 Å². The van der Waals surface area contributed by atoms with E-state index in [0.717, 1.165) is 38.2 Å². The third kappa shape index (κ3) is 1.80. The molecule has 0 N–H and O–H groups in total. The van der Waals surface area contributed by atoms with Gasteiger partial charge < -0.3 is 4.52 Å². The maximum atomic E-state index is 5.16. The van der Waals surface area contributed by atoms with Gasteiger partial charge in [-0.25, -0.2) is 4.98 Å². The third-order valence-corrected chi connectivity index (χ3v) is 3.29. The van der Waals surface area contributed by atoms with Gasteiger partial charge >= 0.3 is 0 Å². The Morgan fingerprint density at radius 3 is 2.72 bits per heavy atom. The van der Waals surface area contributed by atoms with Gasteiger partial charge in [0.2, 0.25) is 0 Å². The van der Waals surface area contributed by atoms with Crippen LogP contribution in [-0.2, 0) is 0 Å². The fraction of sp³-hybridized carbons (Fsp3) is 0.154. The van der Waals surface area contributed by atoms with Crippen LogP contribution < -0.4 is 0 Å². The fourth-order valence-corrected chi connectivity index (χ4v) is 2.30. The molecule has 18 heavy (non-hydrogen) atoms. The maximum absolute atomic E-state index is 5.16. The van der Waals surface area contributed by atoms with Crippen LogP contribution in [0.2, 0.25) is 0 Å². The van der Waals surface area contributed by atoms with Gasteiger partial charge in [0.05, 0.1) is 34.2 Å². The fourth-order valence-electron chi connectivity index (χ4n) is 1.95. The smallest absolute Gasteiger partial charge is 0.143 e. The Morgan fingerprint density at radius 1 is 1.17 bits per heavy atom. The van der Waals surface area contributed by atoms with Crippen molar-refractivity contribution < 1.29 is 4.52 Å². The summed E-state index contributed by atoms with van der Waals surface area (Å²) in [6, 6.07) is 5.83. The highest BCUT2D eigenvalue weighted by Gasteiger charge is 2.13. The molecular formula is C13H10BrN3O. The molecule has 0 radical (unpaired) electrons. The van der Waals surface area contributed by atoms with Crippen molar-refractivity contribution >= 4 is 27.0 Å². The minimum absolute atomic E-state index is 0.760. The first-order valence-corrected chi connectivity index (χ1v) is 6.30. The number of benzene rings is 1. The molecule has 2 aromatic heterocycles. The van der Waals surface area contributed by atoms with E-state index in [2.05, 4.69) is 31.1 Å². The summed E-state index contributed by atoms with van der Waals surface area (Å²) >= 11 is 3.44. The summed E-state index contributed by atoms with van der Waals surface area (Å²) in [5.74, 6) is 0.760. The molecule has 0 aliphatic heterocycles. The lowest BCUT2D eigenvalue weighted by atomic mass is 10.1. The number of aromatic nitrogens is 3. The van der Waals surface area contributed by atoms with Crippen molar-refractivity contribution in [1.82, 2.24) is 15.1 Å². The molecule has 0 saturated heterocycles. The van der Waals surface area contributed by atoms with Crippen molar-refractivity contribution in [1.29, 1.82) is 0 Å². The Morgan fingerprint density at radius 2 is 2.00 bits per heavy atom. The predicted molar refractivity (Wildman–Crippen MR) is 72.2 cm³/mol. The van der Waals surface area contributed by atoms with Crippen LogP contribution in [0, 0.1) is 13.8 Å². The molecule has 0 fully saturated rings. The van der Waals surface area contributed by atoms with Crippen LogP contribution in [0.1, 0.15) is 11.5 Å². The summed E-state index contributed by atoms with van der Waals surface area (Å²) < 4.78 is 6.14. The van der Waals surface area contributed by atoms with Crippen molar-refractivity contribution in [3.63, 3.8) is 0 Å². The second kappa shape index (κ2) is 4.17. The van der Waals surface area contributed by atoms with Gasteiger partial charge in [-0.05, 0) is 32.0 Å². The Labute approximate surface area is 112 Å². The number of nitrogens with zero attached hydrogens (tertiary/aromatic N) is 3. The zero-order chi connectivity index (χ0) is 12.7. The summed E-state index contributed by atoms with van der Waals surface area (Å²) in [4.78, 5) is 9.02. The van der Waals surface area contributed by atoms with Gasteiger partial charge in [-0.2, -0.15) is 0 Å². The zero-order valence-corrected chi connectivity index (χ0v) is 11.5. The number of hydrogen-bond donors (Lipinski definition) is 0. The monoisotopic (exact) mass is 303 g/mol. The summed E-state index contributed by atoms with van der Waals surface area (Å²) in [5, 5.41) is 3.94. The molecule has 0 saturated carbocycles. The van der Waals surface area contributed by atoms with E-state index in [1.165, 1.54) is 0 Å². The standard InChI is InChI=1S/C13H10BrN3O/c1-7-13(8(2)18-17-7)12-6-15-10-4-3-9(14)5-11(10)16-12/h3-6H,1-2H3. The number of fused-ring (bicyclic) bond motifs is 1. The number of aryl methyl sites for hydroxylation is 2. The molecule has 0 aliphatic carbocycles. The minimum atomic E-state index is 0.760. The molecule has 0 atom stereocenters. The molecule has 2 heterocycles. The minimum Gasteiger partial charge on any atom is -0.361 e. The molecule has 5 heteroatoms. The van der Waals surface area contributed by atoms with E-state index in [-0.39, 0.29) is 0 Å². The Kier molecular flexibility index (Phi) is 2.63. The van der Waals surface area contributed by atoms with E-state index in [1.54, 1.807) is 6.20 Å². The van der Waals surface area contributed by atoms with Gasteiger partial charge in [0.15, 0.2) is 0 Å². The highest BCUT2D eigenvalue weighted by Crippen LogP contribution is 2.26. The van der Waals surface area contributed by atoms with Gasteiger partial charge in [0, 0.05) is 4.47 Å². The summed E-state index contributed by atoms with van der Waals surface area (Å²) in [7, 11) is 0. The van der Waals surface area contributed by atoms with Gasteiger partial charge in [0.1, 0.15) is 5.76 Å². The van der Waals surface area contributed by atoms with Crippen molar-refractivity contribution in [3.8, 4) is 11.3 Å². The highest BCUT2D eigenvalue weighted by atomic mass is 79.9. The van der Waals surface area contributed by atoms with E-state index in [1.807, 2.05) is 32.0 Å². The number of rotatable bonds is 1. The largest absolute Gasteiger partial charge is 0.361 e. The van der Waals surface area contributed by atoms with Crippen LogP contribution in [0.5, 0.6) is 0 Å². The zero-order valence-electron chi connectivity index (χ0n) is 9.94. The van der Waals surface area contributed by atoms with E-state index in [0.29, 0.717) is 0 Å². The molecular weight excluding hydrogens is 294 g/mol. The van der Waals surface area contributed by atoms with Gasteiger partial charge in [0.25, 0.3) is 0 Å². The summed E-state index contributed by atoms with van der Waals surface area (Å²) in [6.07, 6.45) is 1.75. The molecule has 0 bridgehead atoms. The maximum Gasteiger partial charge on any atom is 0.143 e. The molecule has 4 nitrogen and oxygen atoms in total. The molecule has 1 aromatic carbocycles. The molecule has 0 spiro atoms. The molecule has 3 rings (SSSR count). The SMILES string of the molecule is Cc1noc(C)c1-c1cnc2ccc(Br)cc2n1. The van der Waals surface area contributed by atoms with Crippen molar-refractivity contribution in [3.05, 3.63) is 40.3 Å². The molecule has 0 amide bonds. The first-order chi connectivity index (χ1) is 8.65. The summed E-state index contributed by atoms with van der Waals surface area (Å²) in [6.45, 7) is 3.78. The van der Waals surface area contributed by atoms with Crippen LogP contribution in [0.25, 0.3) is 22.3 Å². The average Bonchev–Trinajstić information content (AvgIpc) is 2.68. The quantitative estimate of drug-likeness (QED) is 0.688. The van der Waals surface area contributed by atoms with Gasteiger partial charge in [-0.1, -0.05) is 21.1 Å². The highest BCUT2D eigenvalue weighted by molar-refractivity contribution is 9.10. The first kappa shape index (κ1) is 11.3. The van der Waals surface area contributed by atoms with E-state index in [4.69, 9.17) is 4.52 Å². The molecule has 0 unspecified atom stereocenters. The van der Waals surface area contributed by atoms with Crippen LogP contribution in [0.4, 0.5) is 0 Å². The van der Waals surface area contributed by atoms with Crippen LogP contribution in [0.15, 0.2) is 33.4 Å². The summed E-state index contributed by atoms with van der Waals surface area (Å²) in [5.41, 5.74) is 4.26. The van der Waals surface area contributed by atoms with E-state index in [9.17, 15) is 0 Å². The number of halogens is 1. The topological polar surface area (TPSA) is 51.8 Å². The van der Waals surface area contributed by atoms with Crippen LogP contribution >= 0.6 is 15.9 Å². The second-order valence-electron chi connectivity index (χ2n) is 4.09. The Bertz CT molecular complexity index is 717. The lowest BCUT2D eigenvalue weighted by Crippen LogP contribution is -1.90. The average molecular weight is 304 g/mol. The molecule has 0 aliphatic rings. The predicted octanol–water partition coefficient (Wildman–Crippen LogP) is 3.66. The molecule has 3 aromatic rings. The van der Waals surface area contributed by atoms with Crippen molar-refractivity contribution in [2.45, 2.75) is 13.8 Å². The van der Waals surface area contributed by atoms with Crippen LogP contribution in [-0.4, -0.2) is 15.1 Å². The van der Waals surface area contributed by atoms with Crippen molar-refractivity contribution in [2.75, 3.05) is 0 Å². The second-order valence-corrected chi connectivity index (χ2v) is 5.00. The lowest BCUT2D eigenvalue weighted by molar-refractivity contribution is 0.393. The first-order valence-electron chi connectivity index (χ1n) is 5.51. The third-order valence-electron chi connectivity index (χ3n) is 2.79. The van der Waals surface area contributed by atoms with Crippen molar-refractivity contribution in [2.24, 2.45) is 0 Å². The van der Waals surface area contributed by atoms with Gasteiger partial charge in [-0.3, -0.25) is 4.98 Å². The lowest BCUT2D eigenvalue weighted by Gasteiger charge is -2.02. The van der Waals surface area contributed by atoms with E-state index < -0.39 is 0 Å². The van der Waals surface area contributed by atoms with Gasteiger partial charge in [-0.15, -0.1) is 0 Å². The Hall–Kier alpha value is -1.75. The number of hydrogen-bond acceptors (Lipinski definition) is 4. The normalized spacial score (nSPS) is 11.1.